The predicted molar refractivity (Wildman–Crippen MR) is 89.8 cm³/mol. The minimum absolute atomic E-state index is 0.346. The number of benzene rings is 1. The molecular weight excluding hydrogens is 280 g/mol. The first-order valence-electron chi connectivity index (χ1n) is 7.71. The van der Waals surface area contributed by atoms with E-state index in [0.717, 1.165) is 17.9 Å². The van der Waals surface area contributed by atoms with Gasteiger partial charge >= 0.3 is 0 Å². The number of ether oxygens (including phenoxy) is 2. The van der Waals surface area contributed by atoms with E-state index in [2.05, 4.69) is 38.3 Å². The molecule has 0 radical (unpaired) electrons. The van der Waals surface area contributed by atoms with E-state index in [0.29, 0.717) is 11.5 Å². The molecule has 1 heterocycles. The van der Waals surface area contributed by atoms with Crippen LogP contribution in [0, 0.1) is 12.3 Å². The van der Waals surface area contributed by atoms with Crippen LogP contribution in [0.3, 0.4) is 0 Å². The molecule has 1 aromatic carbocycles. The molecular formula is C18H24O2S. The standard InChI is InChI=1S/C18H24O2S/c1-12-8-17-14(9-15(12)19-4)16(11-21-17)20-13-6-5-7-18(2,3)10-13/h8-9,11,13H,5-7,10H2,1-4H3. The fraction of sp³-hybridized carbons (Fsp3) is 0.556. The first-order valence-corrected chi connectivity index (χ1v) is 8.59. The van der Waals surface area contributed by atoms with E-state index in [4.69, 9.17) is 9.47 Å². The minimum atomic E-state index is 0.346. The van der Waals surface area contributed by atoms with E-state index in [1.165, 1.54) is 34.9 Å². The SMILES string of the molecule is COc1cc2c(OC3CCCC(C)(C)C3)csc2cc1C. The third kappa shape index (κ3) is 3.03. The maximum atomic E-state index is 6.34. The molecule has 1 atom stereocenters. The van der Waals surface area contributed by atoms with E-state index in [9.17, 15) is 0 Å². The maximum absolute atomic E-state index is 6.34. The molecule has 0 N–H and O–H groups in total. The van der Waals surface area contributed by atoms with Gasteiger partial charge in [-0.3, -0.25) is 0 Å². The summed E-state index contributed by atoms with van der Waals surface area (Å²) in [5, 5.41) is 3.33. The Morgan fingerprint density at radius 3 is 2.76 bits per heavy atom. The summed E-state index contributed by atoms with van der Waals surface area (Å²) in [4.78, 5) is 0. The number of aryl methyl sites for hydroxylation is 1. The fourth-order valence-corrected chi connectivity index (χ4v) is 4.30. The topological polar surface area (TPSA) is 18.5 Å². The van der Waals surface area contributed by atoms with E-state index in [1.54, 1.807) is 18.4 Å². The Kier molecular flexibility index (Phi) is 3.87. The molecule has 0 spiro atoms. The summed E-state index contributed by atoms with van der Waals surface area (Å²) in [7, 11) is 1.73. The summed E-state index contributed by atoms with van der Waals surface area (Å²) < 4.78 is 13.1. The van der Waals surface area contributed by atoms with Gasteiger partial charge in [0.25, 0.3) is 0 Å². The van der Waals surface area contributed by atoms with Crippen LogP contribution in [0.25, 0.3) is 10.1 Å². The minimum Gasteiger partial charge on any atom is -0.496 e. The molecule has 3 heteroatoms. The molecule has 2 nitrogen and oxygen atoms in total. The Hall–Kier alpha value is -1.22. The van der Waals surface area contributed by atoms with Gasteiger partial charge in [-0.2, -0.15) is 0 Å². The van der Waals surface area contributed by atoms with Crippen molar-refractivity contribution in [3.8, 4) is 11.5 Å². The van der Waals surface area contributed by atoms with Crippen LogP contribution in [0.15, 0.2) is 17.5 Å². The molecule has 1 fully saturated rings. The highest BCUT2D eigenvalue weighted by Gasteiger charge is 2.29. The molecule has 0 bridgehead atoms. The maximum Gasteiger partial charge on any atom is 0.138 e. The van der Waals surface area contributed by atoms with Crippen molar-refractivity contribution in [3.63, 3.8) is 0 Å². The fourth-order valence-electron chi connectivity index (χ4n) is 3.35. The number of rotatable bonds is 3. The summed E-state index contributed by atoms with van der Waals surface area (Å²) in [6, 6.07) is 4.31. The Morgan fingerprint density at radius 2 is 2.05 bits per heavy atom. The summed E-state index contributed by atoms with van der Waals surface area (Å²) in [6.45, 7) is 6.78. The van der Waals surface area contributed by atoms with Crippen LogP contribution in [-0.4, -0.2) is 13.2 Å². The van der Waals surface area contributed by atoms with Crippen LogP contribution in [0.5, 0.6) is 11.5 Å². The van der Waals surface area contributed by atoms with Crippen molar-refractivity contribution in [3.05, 3.63) is 23.1 Å². The van der Waals surface area contributed by atoms with Gasteiger partial charge in [-0.15, -0.1) is 11.3 Å². The van der Waals surface area contributed by atoms with Gasteiger partial charge in [0.1, 0.15) is 11.5 Å². The predicted octanol–water partition coefficient (Wildman–Crippen LogP) is 5.57. The third-order valence-corrected chi connectivity index (χ3v) is 5.43. The smallest absolute Gasteiger partial charge is 0.138 e. The van der Waals surface area contributed by atoms with Gasteiger partial charge in [0, 0.05) is 15.5 Å². The summed E-state index contributed by atoms with van der Waals surface area (Å²) in [6.07, 6.45) is 5.24. The number of thiophene rings is 1. The molecule has 0 saturated heterocycles. The molecule has 1 aliphatic rings. The van der Waals surface area contributed by atoms with Crippen LogP contribution in [0.4, 0.5) is 0 Å². The molecule has 0 aliphatic heterocycles. The van der Waals surface area contributed by atoms with Crippen molar-refractivity contribution in [2.24, 2.45) is 5.41 Å². The van der Waals surface area contributed by atoms with Gasteiger partial charge in [0.15, 0.2) is 0 Å². The van der Waals surface area contributed by atoms with Crippen molar-refractivity contribution in [1.82, 2.24) is 0 Å². The van der Waals surface area contributed by atoms with E-state index in [1.807, 2.05) is 0 Å². The summed E-state index contributed by atoms with van der Waals surface area (Å²) >= 11 is 1.76. The lowest BCUT2D eigenvalue weighted by molar-refractivity contribution is 0.0866. The van der Waals surface area contributed by atoms with Gasteiger partial charge in [-0.25, -0.2) is 0 Å². The Balaban J connectivity index is 1.87. The van der Waals surface area contributed by atoms with Gasteiger partial charge in [0.2, 0.25) is 0 Å². The van der Waals surface area contributed by atoms with Crippen LogP contribution < -0.4 is 9.47 Å². The average Bonchev–Trinajstić information content (AvgIpc) is 2.79. The lowest BCUT2D eigenvalue weighted by Crippen LogP contribution is -2.30. The molecule has 1 aromatic heterocycles. The zero-order chi connectivity index (χ0) is 15.0. The Labute approximate surface area is 131 Å². The lowest BCUT2D eigenvalue weighted by Gasteiger charge is -2.35. The zero-order valence-corrected chi connectivity index (χ0v) is 14.2. The van der Waals surface area contributed by atoms with Gasteiger partial charge in [0.05, 0.1) is 13.2 Å². The third-order valence-electron chi connectivity index (χ3n) is 4.51. The van der Waals surface area contributed by atoms with Crippen LogP contribution in [-0.2, 0) is 0 Å². The molecule has 2 aromatic rings. The highest BCUT2D eigenvalue weighted by molar-refractivity contribution is 7.17. The zero-order valence-electron chi connectivity index (χ0n) is 13.4. The monoisotopic (exact) mass is 304 g/mol. The Morgan fingerprint density at radius 1 is 1.24 bits per heavy atom. The van der Waals surface area contributed by atoms with Crippen molar-refractivity contribution in [2.45, 2.75) is 52.6 Å². The summed E-state index contributed by atoms with van der Waals surface area (Å²) in [5.41, 5.74) is 1.58. The number of methoxy groups -OCH3 is 1. The lowest BCUT2D eigenvalue weighted by atomic mass is 9.76. The van der Waals surface area contributed by atoms with Crippen molar-refractivity contribution in [2.75, 3.05) is 7.11 Å². The first kappa shape index (κ1) is 14.7. The van der Waals surface area contributed by atoms with Gasteiger partial charge < -0.3 is 9.47 Å². The number of hydrogen-bond acceptors (Lipinski definition) is 3. The highest BCUT2D eigenvalue weighted by atomic mass is 32.1. The van der Waals surface area contributed by atoms with Crippen molar-refractivity contribution >= 4 is 21.4 Å². The second kappa shape index (κ2) is 5.53. The Bertz CT molecular complexity index is 642. The highest BCUT2D eigenvalue weighted by Crippen LogP contribution is 2.41. The van der Waals surface area contributed by atoms with Crippen molar-refractivity contribution < 1.29 is 9.47 Å². The van der Waals surface area contributed by atoms with Crippen LogP contribution in [0.2, 0.25) is 0 Å². The first-order chi connectivity index (χ1) is 9.98. The molecule has 1 saturated carbocycles. The molecule has 114 valence electrons. The second-order valence-corrected chi connectivity index (χ2v) is 7.83. The van der Waals surface area contributed by atoms with Crippen LogP contribution >= 0.6 is 11.3 Å². The van der Waals surface area contributed by atoms with Gasteiger partial charge in [-0.05, 0) is 55.7 Å². The largest absolute Gasteiger partial charge is 0.496 e. The molecule has 0 amide bonds. The molecule has 21 heavy (non-hydrogen) atoms. The second-order valence-electron chi connectivity index (χ2n) is 6.92. The van der Waals surface area contributed by atoms with E-state index >= 15 is 0 Å². The van der Waals surface area contributed by atoms with E-state index in [-0.39, 0.29) is 0 Å². The van der Waals surface area contributed by atoms with Crippen LogP contribution in [0.1, 0.15) is 45.1 Å². The molecule has 1 unspecified atom stereocenters. The van der Waals surface area contributed by atoms with Crippen molar-refractivity contribution in [1.29, 1.82) is 0 Å². The molecule has 1 aliphatic carbocycles. The number of fused-ring (bicyclic) bond motifs is 1. The van der Waals surface area contributed by atoms with E-state index < -0.39 is 0 Å². The van der Waals surface area contributed by atoms with Gasteiger partial charge in [-0.1, -0.05) is 13.8 Å². The molecule has 3 rings (SSSR count). The average molecular weight is 304 g/mol. The number of hydrogen-bond donors (Lipinski definition) is 0. The quantitative estimate of drug-likeness (QED) is 0.738. The normalized spacial score (nSPS) is 21.4. The summed E-state index contributed by atoms with van der Waals surface area (Å²) in [5.74, 6) is 1.96.